The molecule has 0 unspecified atom stereocenters. The Morgan fingerprint density at radius 3 is 2.46 bits per heavy atom. The van der Waals surface area contributed by atoms with Gasteiger partial charge in [0.05, 0.1) is 6.42 Å². The van der Waals surface area contributed by atoms with Crippen molar-refractivity contribution in [3.63, 3.8) is 0 Å². The summed E-state index contributed by atoms with van der Waals surface area (Å²) in [5.74, 6) is -1.08. The molecule has 0 aliphatic rings. The molecular formula is C18H16ClNO4. The van der Waals surface area contributed by atoms with Crippen molar-refractivity contribution in [3.05, 3.63) is 64.7 Å². The molecule has 0 bridgehead atoms. The predicted molar refractivity (Wildman–Crippen MR) is 91.2 cm³/mol. The van der Waals surface area contributed by atoms with Crippen LogP contribution in [0, 0.1) is 0 Å². The van der Waals surface area contributed by atoms with Crippen LogP contribution in [0.15, 0.2) is 48.5 Å². The summed E-state index contributed by atoms with van der Waals surface area (Å²) in [5.41, 5.74) is 1.72. The summed E-state index contributed by atoms with van der Waals surface area (Å²) < 4.78 is 4.94. The molecule has 0 aromatic heterocycles. The molecule has 6 heteroatoms. The third-order valence-corrected chi connectivity index (χ3v) is 3.43. The Kier molecular flexibility index (Phi) is 6.09. The van der Waals surface area contributed by atoms with Crippen LogP contribution in [0.2, 0.25) is 5.02 Å². The van der Waals surface area contributed by atoms with Crippen molar-refractivity contribution >= 4 is 34.9 Å². The summed E-state index contributed by atoms with van der Waals surface area (Å²) in [4.78, 5) is 34.8. The monoisotopic (exact) mass is 345 g/mol. The van der Waals surface area contributed by atoms with Gasteiger partial charge >= 0.3 is 5.97 Å². The Morgan fingerprint density at radius 2 is 1.79 bits per heavy atom. The molecule has 0 heterocycles. The average molecular weight is 346 g/mol. The molecule has 0 aliphatic heterocycles. The molecule has 2 aromatic rings. The van der Waals surface area contributed by atoms with Crippen LogP contribution >= 0.6 is 11.6 Å². The second kappa shape index (κ2) is 8.26. The van der Waals surface area contributed by atoms with E-state index in [0.29, 0.717) is 16.3 Å². The minimum absolute atomic E-state index is 0.0598. The van der Waals surface area contributed by atoms with E-state index >= 15 is 0 Å². The zero-order valence-corrected chi connectivity index (χ0v) is 13.8. The van der Waals surface area contributed by atoms with Crippen molar-refractivity contribution in [2.24, 2.45) is 0 Å². The van der Waals surface area contributed by atoms with Crippen molar-refractivity contribution in [2.75, 3.05) is 11.9 Å². The summed E-state index contributed by atoms with van der Waals surface area (Å²) in [6, 6.07) is 13.3. The van der Waals surface area contributed by atoms with Crippen LogP contribution in [-0.2, 0) is 20.7 Å². The smallest absolute Gasteiger partial charge is 0.310 e. The highest BCUT2D eigenvalue weighted by atomic mass is 35.5. The third kappa shape index (κ3) is 5.52. The number of nitrogens with one attached hydrogen (secondary N) is 1. The zero-order valence-electron chi connectivity index (χ0n) is 13.0. The number of ether oxygens (including phenoxy) is 1. The number of hydrogen-bond acceptors (Lipinski definition) is 4. The average Bonchev–Trinajstić information content (AvgIpc) is 2.55. The number of benzene rings is 2. The van der Waals surface area contributed by atoms with Crippen LogP contribution in [0.5, 0.6) is 0 Å². The molecule has 24 heavy (non-hydrogen) atoms. The van der Waals surface area contributed by atoms with Crippen LogP contribution in [-0.4, -0.2) is 24.3 Å². The van der Waals surface area contributed by atoms with Crippen LogP contribution < -0.4 is 5.32 Å². The van der Waals surface area contributed by atoms with Gasteiger partial charge in [-0.1, -0.05) is 35.9 Å². The molecule has 0 fully saturated rings. The molecule has 0 saturated carbocycles. The van der Waals surface area contributed by atoms with Gasteiger partial charge in [0.1, 0.15) is 0 Å². The molecule has 5 nitrogen and oxygen atoms in total. The van der Waals surface area contributed by atoms with Crippen molar-refractivity contribution in [1.29, 1.82) is 0 Å². The summed E-state index contributed by atoms with van der Waals surface area (Å²) >= 11 is 5.77. The lowest BCUT2D eigenvalue weighted by atomic mass is 10.1. The van der Waals surface area contributed by atoms with E-state index in [2.05, 4.69) is 5.32 Å². The lowest BCUT2D eigenvalue weighted by Gasteiger charge is -2.07. The summed E-state index contributed by atoms with van der Waals surface area (Å²) in [6.45, 7) is 1.05. The quantitative estimate of drug-likeness (QED) is 0.644. The van der Waals surface area contributed by atoms with E-state index in [1.165, 1.54) is 6.92 Å². The van der Waals surface area contributed by atoms with Crippen LogP contribution in [0.3, 0.4) is 0 Å². The maximum atomic E-state index is 11.8. The lowest BCUT2D eigenvalue weighted by molar-refractivity contribution is -0.146. The third-order valence-electron chi connectivity index (χ3n) is 3.18. The van der Waals surface area contributed by atoms with E-state index in [9.17, 15) is 14.4 Å². The Morgan fingerprint density at radius 1 is 1.08 bits per heavy atom. The minimum atomic E-state index is -0.509. The number of anilines is 1. The van der Waals surface area contributed by atoms with Crippen LogP contribution in [0.4, 0.5) is 5.69 Å². The van der Waals surface area contributed by atoms with Gasteiger partial charge in [-0.15, -0.1) is 0 Å². The topological polar surface area (TPSA) is 72.5 Å². The maximum absolute atomic E-state index is 11.8. The molecule has 0 atom stereocenters. The van der Waals surface area contributed by atoms with E-state index in [1.54, 1.807) is 48.5 Å². The highest BCUT2D eigenvalue weighted by Gasteiger charge is 2.09. The predicted octanol–water partition coefficient (Wildman–Crippen LogP) is 3.27. The van der Waals surface area contributed by atoms with Gasteiger partial charge in [-0.25, -0.2) is 0 Å². The van der Waals surface area contributed by atoms with Crippen LogP contribution in [0.25, 0.3) is 0 Å². The Labute approximate surface area is 144 Å². The van der Waals surface area contributed by atoms with Gasteiger partial charge in [0, 0.05) is 16.3 Å². The first-order valence-corrected chi connectivity index (χ1v) is 7.63. The number of Topliss-reactive ketones (excluding diaryl/α,β-unsaturated/α-hetero) is 1. The second-order valence-electron chi connectivity index (χ2n) is 5.15. The van der Waals surface area contributed by atoms with Gasteiger partial charge in [-0.05, 0) is 36.8 Å². The van der Waals surface area contributed by atoms with Crippen molar-refractivity contribution in [3.8, 4) is 0 Å². The van der Waals surface area contributed by atoms with Crippen molar-refractivity contribution in [1.82, 2.24) is 0 Å². The molecule has 0 aliphatic carbocycles. The van der Waals surface area contributed by atoms with Gasteiger partial charge in [0.15, 0.2) is 12.4 Å². The highest BCUT2D eigenvalue weighted by molar-refractivity contribution is 6.30. The summed E-state index contributed by atoms with van der Waals surface area (Å²) in [6.07, 6.45) is 0.0598. The fourth-order valence-electron chi connectivity index (χ4n) is 1.98. The number of amides is 1. The van der Waals surface area contributed by atoms with Gasteiger partial charge in [0.2, 0.25) is 0 Å². The van der Waals surface area contributed by atoms with E-state index in [0.717, 1.165) is 5.56 Å². The fourth-order valence-corrected chi connectivity index (χ4v) is 2.10. The lowest BCUT2D eigenvalue weighted by Crippen LogP contribution is -2.21. The van der Waals surface area contributed by atoms with E-state index < -0.39 is 18.5 Å². The number of hydrogen-bond donors (Lipinski definition) is 1. The Bertz CT molecular complexity index is 756. The first kappa shape index (κ1) is 17.7. The van der Waals surface area contributed by atoms with Gasteiger partial charge in [-0.3, -0.25) is 14.4 Å². The van der Waals surface area contributed by atoms with Crippen molar-refractivity contribution in [2.45, 2.75) is 13.3 Å². The molecule has 0 saturated heterocycles. The summed E-state index contributed by atoms with van der Waals surface area (Å²) in [7, 11) is 0. The molecular weight excluding hydrogens is 330 g/mol. The molecule has 1 amide bonds. The first-order chi connectivity index (χ1) is 11.4. The number of esters is 1. The molecule has 124 valence electrons. The van der Waals surface area contributed by atoms with E-state index in [1.807, 2.05) is 0 Å². The second-order valence-corrected chi connectivity index (χ2v) is 5.59. The number of halogens is 1. The number of ketones is 1. The molecule has 0 radical (unpaired) electrons. The molecule has 1 N–H and O–H groups in total. The maximum Gasteiger partial charge on any atom is 0.310 e. The number of rotatable bonds is 6. The Hall–Kier alpha value is -2.66. The largest absolute Gasteiger partial charge is 0.455 e. The standard InChI is InChI=1S/C18H16ClNO4/c1-12(21)14-3-2-4-16(10-14)20-17(22)11-24-18(23)9-13-5-7-15(19)8-6-13/h2-8,10H,9,11H2,1H3,(H,20,22). The van der Waals surface area contributed by atoms with Gasteiger partial charge < -0.3 is 10.1 Å². The summed E-state index contributed by atoms with van der Waals surface area (Å²) in [5, 5.41) is 3.16. The van der Waals surface area contributed by atoms with Crippen molar-refractivity contribution < 1.29 is 19.1 Å². The van der Waals surface area contributed by atoms with Gasteiger partial charge in [-0.2, -0.15) is 0 Å². The molecule has 2 aromatic carbocycles. The van der Waals surface area contributed by atoms with Crippen LogP contribution in [0.1, 0.15) is 22.8 Å². The zero-order chi connectivity index (χ0) is 17.5. The molecule has 2 rings (SSSR count). The van der Waals surface area contributed by atoms with E-state index in [4.69, 9.17) is 16.3 Å². The van der Waals surface area contributed by atoms with E-state index in [-0.39, 0.29) is 12.2 Å². The minimum Gasteiger partial charge on any atom is -0.455 e. The Balaban J connectivity index is 1.82. The normalized spacial score (nSPS) is 10.1. The number of carbonyl (C=O) groups is 3. The SMILES string of the molecule is CC(=O)c1cccc(NC(=O)COC(=O)Cc2ccc(Cl)cc2)c1. The fraction of sp³-hybridized carbons (Fsp3) is 0.167. The molecule has 0 spiro atoms. The highest BCUT2D eigenvalue weighted by Crippen LogP contribution is 2.12. The number of carbonyl (C=O) groups excluding carboxylic acids is 3. The first-order valence-electron chi connectivity index (χ1n) is 7.25. The van der Waals surface area contributed by atoms with Gasteiger partial charge in [0.25, 0.3) is 5.91 Å².